The van der Waals surface area contributed by atoms with Crippen molar-refractivity contribution in [2.24, 2.45) is 0 Å². The minimum atomic E-state index is -0.0936. The average Bonchev–Trinajstić information content (AvgIpc) is 3.12. The number of urea groups is 1. The molecule has 0 radical (unpaired) electrons. The first-order chi connectivity index (χ1) is 14.8. The number of quaternary nitrogens is 1. The maximum Gasteiger partial charge on any atom is 0.424 e. The van der Waals surface area contributed by atoms with E-state index in [9.17, 15) is 9.59 Å². The summed E-state index contributed by atoms with van der Waals surface area (Å²) in [5.41, 5.74) is 4.32. The normalized spacial score (nSPS) is 22.5. The average molecular weight is 427 g/mol. The lowest BCUT2D eigenvalue weighted by Crippen LogP contribution is -2.58. The smallest absolute Gasteiger partial charge is 0.305 e. The topological polar surface area (TPSA) is 49.4 Å². The molecular weight excluding hydrogens is 386 g/mol. The van der Waals surface area contributed by atoms with Crippen LogP contribution < -0.4 is 5.32 Å². The standard InChI is InChI=1S/C26H39N3O2/c1-5-19-29(20-6-8-24(29)30)25(31)27-15-7-16-28-17-13-22(14-18-28)21-9-11-23(12-10-21)26(2,3)4/h9-13H,5-8,14-20H2,1-4H3/p+1. The zero-order valence-corrected chi connectivity index (χ0v) is 19.9. The second-order valence-electron chi connectivity index (χ2n) is 10.1. The van der Waals surface area contributed by atoms with E-state index in [-0.39, 0.29) is 21.8 Å². The quantitative estimate of drug-likeness (QED) is 0.507. The van der Waals surface area contributed by atoms with Gasteiger partial charge in [-0.05, 0) is 41.4 Å². The third-order valence-electron chi connectivity index (χ3n) is 6.74. The zero-order chi connectivity index (χ0) is 22.5. The van der Waals surface area contributed by atoms with Gasteiger partial charge in [0.25, 0.3) is 0 Å². The van der Waals surface area contributed by atoms with E-state index in [1.165, 1.54) is 16.7 Å². The van der Waals surface area contributed by atoms with Crippen LogP contribution >= 0.6 is 0 Å². The first kappa shape index (κ1) is 23.7. The highest BCUT2D eigenvalue weighted by Gasteiger charge is 2.47. The van der Waals surface area contributed by atoms with Crippen LogP contribution in [0.3, 0.4) is 0 Å². The van der Waals surface area contributed by atoms with E-state index in [2.05, 4.69) is 61.3 Å². The molecular formula is C26H40N3O2+. The van der Waals surface area contributed by atoms with Crippen molar-refractivity contribution in [3.05, 3.63) is 41.5 Å². The summed E-state index contributed by atoms with van der Waals surface area (Å²) in [7, 11) is 0. The van der Waals surface area contributed by atoms with Crippen LogP contribution in [0.25, 0.3) is 5.57 Å². The largest absolute Gasteiger partial charge is 0.424 e. The molecule has 2 aliphatic rings. The Morgan fingerprint density at radius 3 is 2.45 bits per heavy atom. The summed E-state index contributed by atoms with van der Waals surface area (Å²) in [6.07, 6.45) is 6.53. The molecule has 1 atom stereocenters. The van der Waals surface area contributed by atoms with Crippen LogP contribution in [0.5, 0.6) is 0 Å². The molecule has 170 valence electrons. The van der Waals surface area contributed by atoms with E-state index in [0.29, 0.717) is 26.1 Å². The van der Waals surface area contributed by atoms with Gasteiger partial charge in [0, 0.05) is 32.6 Å². The van der Waals surface area contributed by atoms with Gasteiger partial charge in [0.15, 0.2) is 0 Å². The lowest BCUT2D eigenvalue weighted by Gasteiger charge is -2.29. The van der Waals surface area contributed by atoms with Crippen LogP contribution in [-0.4, -0.2) is 60.6 Å². The van der Waals surface area contributed by atoms with Gasteiger partial charge in [0.1, 0.15) is 0 Å². The predicted molar refractivity (Wildman–Crippen MR) is 127 cm³/mol. The number of carbonyl (C=O) groups excluding carboxylic acids is 2. The Morgan fingerprint density at radius 1 is 1.16 bits per heavy atom. The number of nitrogens with one attached hydrogen (secondary N) is 1. The lowest BCUT2D eigenvalue weighted by molar-refractivity contribution is -0.765. The van der Waals surface area contributed by atoms with Gasteiger partial charge in [-0.2, -0.15) is 4.48 Å². The Bertz CT molecular complexity index is 807. The molecule has 2 heterocycles. The summed E-state index contributed by atoms with van der Waals surface area (Å²) in [4.78, 5) is 27.5. The first-order valence-corrected chi connectivity index (χ1v) is 12.0. The molecule has 3 amide bonds. The molecule has 5 heteroatoms. The molecule has 1 aromatic carbocycles. The zero-order valence-electron chi connectivity index (χ0n) is 19.9. The Balaban J connectivity index is 1.43. The third kappa shape index (κ3) is 5.64. The Kier molecular flexibility index (Phi) is 7.71. The van der Waals surface area contributed by atoms with Crippen molar-refractivity contribution in [3.8, 4) is 0 Å². The molecule has 5 nitrogen and oxygen atoms in total. The molecule has 3 rings (SSSR count). The van der Waals surface area contributed by atoms with Crippen molar-refractivity contribution in [1.82, 2.24) is 10.2 Å². The second-order valence-corrected chi connectivity index (χ2v) is 10.1. The van der Waals surface area contributed by atoms with Gasteiger partial charge < -0.3 is 5.32 Å². The molecule has 0 aliphatic carbocycles. The number of carbonyl (C=O) groups is 2. The van der Waals surface area contributed by atoms with Gasteiger partial charge in [-0.25, -0.2) is 9.59 Å². The fourth-order valence-electron chi connectivity index (χ4n) is 4.78. The van der Waals surface area contributed by atoms with E-state index in [0.717, 1.165) is 45.3 Å². The second kappa shape index (κ2) is 10.1. The monoisotopic (exact) mass is 426 g/mol. The summed E-state index contributed by atoms with van der Waals surface area (Å²) < 4.78 is 0.0142. The molecule has 1 saturated heterocycles. The van der Waals surface area contributed by atoms with Gasteiger partial charge in [-0.15, -0.1) is 0 Å². The van der Waals surface area contributed by atoms with Crippen LogP contribution in [0.1, 0.15) is 70.9 Å². The Hall–Kier alpha value is -1.98. The number of hydrogen-bond donors (Lipinski definition) is 1. The van der Waals surface area contributed by atoms with E-state index in [1.54, 1.807) is 0 Å². The highest BCUT2D eigenvalue weighted by Crippen LogP contribution is 2.27. The van der Waals surface area contributed by atoms with Gasteiger partial charge in [0.05, 0.1) is 19.5 Å². The number of benzene rings is 1. The van der Waals surface area contributed by atoms with Crippen molar-refractivity contribution in [2.45, 2.75) is 65.2 Å². The summed E-state index contributed by atoms with van der Waals surface area (Å²) in [6, 6.07) is 8.93. The van der Waals surface area contributed by atoms with Crippen LogP contribution in [0.2, 0.25) is 0 Å². The predicted octanol–water partition coefficient (Wildman–Crippen LogP) is 4.72. The molecule has 1 fully saturated rings. The van der Waals surface area contributed by atoms with Crippen LogP contribution in [0, 0.1) is 0 Å². The summed E-state index contributed by atoms with van der Waals surface area (Å²) >= 11 is 0. The maximum absolute atomic E-state index is 12.7. The van der Waals surface area contributed by atoms with Gasteiger partial charge in [-0.1, -0.05) is 58.0 Å². The molecule has 1 N–H and O–H groups in total. The van der Waals surface area contributed by atoms with E-state index in [1.807, 2.05) is 6.92 Å². The van der Waals surface area contributed by atoms with Gasteiger partial charge >= 0.3 is 11.9 Å². The fraction of sp³-hybridized carbons (Fsp3) is 0.615. The van der Waals surface area contributed by atoms with E-state index in [4.69, 9.17) is 0 Å². The molecule has 0 aromatic heterocycles. The third-order valence-corrected chi connectivity index (χ3v) is 6.74. The Labute approximate surface area is 188 Å². The molecule has 0 bridgehead atoms. The Morgan fingerprint density at radius 2 is 1.90 bits per heavy atom. The van der Waals surface area contributed by atoms with Crippen LogP contribution in [0.15, 0.2) is 30.3 Å². The van der Waals surface area contributed by atoms with Gasteiger partial charge in [0.2, 0.25) is 0 Å². The number of nitrogens with zero attached hydrogens (tertiary/aromatic N) is 2. The molecule has 1 unspecified atom stereocenters. The van der Waals surface area contributed by atoms with Gasteiger partial charge in [-0.3, -0.25) is 4.90 Å². The maximum atomic E-state index is 12.7. The van der Waals surface area contributed by atoms with Crippen molar-refractivity contribution < 1.29 is 14.1 Å². The number of rotatable bonds is 7. The summed E-state index contributed by atoms with van der Waals surface area (Å²) in [6.45, 7) is 13.7. The van der Waals surface area contributed by atoms with Crippen LogP contribution in [0.4, 0.5) is 4.79 Å². The van der Waals surface area contributed by atoms with E-state index < -0.39 is 0 Å². The highest BCUT2D eigenvalue weighted by molar-refractivity contribution is 5.85. The molecule has 2 aliphatic heterocycles. The number of imide groups is 1. The molecule has 0 spiro atoms. The van der Waals surface area contributed by atoms with Crippen molar-refractivity contribution in [1.29, 1.82) is 0 Å². The SMILES string of the molecule is CCC[N+]1(C(=O)NCCCN2CC=C(c3ccc(C(C)(C)C)cc3)CC2)CCCC1=O. The highest BCUT2D eigenvalue weighted by atomic mass is 16.2. The van der Waals surface area contributed by atoms with Crippen molar-refractivity contribution >= 4 is 17.5 Å². The first-order valence-electron chi connectivity index (χ1n) is 12.0. The summed E-state index contributed by atoms with van der Waals surface area (Å²) in [5, 5.41) is 3.04. The number of amides is 3. The number of likely N-dealkylation sites (tertiary alicyclic amines) is 1. The summed E-state index contributed by atoms with van der Waals surface area (Å²) in [5.74, 6) is 0.0866. The molecule has 31 heavy (non-hydrogen) atoms. The van der Waals surface area contributed by atoms with Crippen LogP contribution in [-0.2, 0) is 10.2 Å². The van der Waals surface area contributed by atoms with Crippen molar-refractivity contribution in [2.75, 3.05) is 39.3 Å². The van der Waals surface area contributed by atoms with E-state index >= 15 is 0 Å². The number of hydrogen-bond acceptors (Lipinski definition) is 3. The molecule has 1 aromatic rings. The minimum absolute atomic E-state index is 0.0142. The van der Waals surface area contributed by atoms with Crippen molar-refractivity contribution in [3.63, 3.8) is 0 Å². The fourth-order valence-corrected chi connectivity index (χ4v) is 4.78. The minimum Gasteiger partial charge on any atom is -0.305 e. The lowest BCUT2D eigenvalue weighted by atomic mass is 9.86. The molecule has 0 saturated carbocycles.